The predicted octanol–water partition coefficient (Wildman–Crippen LogP) is 4.10. The van der Waals surface area contributed by atoms with Crippen LogP contribution in [0.3, 0.4) is 0 Å². The minimum Gasteiger partial charge on any atom is -0.0616 e. The average molecular weight is 191 g/mol. The fourth-order valence-corrected chi connectivity index (χ4v) is 2.03. The Morgan fingerprint density at radius 3 is 2.73 bits per heavy atom. The van der Waals surface area contributed by atoms with Crippen LogP contribution in [0, 0.1) is 13.0 Å². The van der Waals surface area contributed by atoms with E-state index in [-0.39, 0.29) is 0 Å². The Bertz CT molecular complexity index is 636. The SMILES string of the molecule is Cc1ccc2[c]cc3ccccc3c2c1. The van der Waals surface area contributed by atoms with Gasteiger partial charge in [0.1, 0.15) is 0 Å². The van der Waals surface area contributed by atoms with Crippen LogP contribution in [-0.2, 0) is 0 Å². The van der Waals surface area contributed by atoms with E-state index in [0.717, 1.165) is 0 Å². The lowest BCUT2D eigenvalue weighted by Gasteiger charge is -2.03. The van der Waals surface area contributed by atoms with Gasteiger partial charge in [0.2, 0.25) is 0 Å². The molecule has 15 heavy (non-hydrogen) atoms. The first kappa shape index (κ1) is 8.49. The summed E-state index contributed by atoms with van der Waals surface area (Å²) >= 11 is 0. The first-order valence-electron chi connectivity index (χ1n) is 5.14. The normalized spacial score (nSPS) is 11.0. The van der Waals surface area contributed by atoms with Crippen LogP contribution in [0.2, 0.25) is 0 Å². The summed E-state index contributed by atoms with van der Waals surface area (Å²) in [7, 11) is 0. The molecule has 3 aromatic rings. The number of benzene rings is 3. The Labute approximate surface area is 89.2 Å². The van der Waals surface area contributed by atoms with Crippen LogP contribution < -0.4 is 0 Å². The molecule has 3 rings (SSSR count). The molecular formula is C15H11. The second kappa shape index (κ2) is 3.09. The topological polar surface area (TPSA) is 0 Å². The second-order valence-electron chi connectivity index (χ2n) is 3.92. The third-order valence-corrected chi connectivity index (χ3v) is 2.81. The summed E-state index contributed by atoms with van der Waals surface area (Å²) in [5, 5.41) is 5.07. The van der Waals surface area contributed by atoms with E-state index in [2.05, 4.69) is 61.5 Å². The molecule has 0 fully saturated rings. The summed E-state index contributed by atoms with van der Waals surface area (Å²) in [4.78, 5) is 0. The molecule has 0 aromatic heterocycles. The van der Waals surface area contributed by atoms with Crippen molar-refractivity contribution in [1.82, 2.24) is 0 Å². The maximum Gasteiger partial charge on any atom is -0.00926 e. The van der Waals surface area contributed by atoms with Crippen molar-refractivity contribution in [3.8, 4) is 0 Å². The van der Waals surface area contributed by atoms with Crippen molar-refractivity contribution in [1.29, 1.82) is 0 Å². The maximum atomic E-state index is 3.32. The van der Waals surface area contributed by atoms with Crippen LogP contribution in [0.25, 0.3) is 21.5 Å². The Morgan fingerprint density at radius 1 is 0.933 bits per heavy atom. The van der Waals surface area contributed by atoms with E-state index in [9.17, 15) is 0 Å². The number of hydrogen-bond donors (Lipinski definition) is 0. The molecule has 3 aromatic carbocycles. The van der Waals surface area contributed by atoms with Gasteiger partial charge in [0.05, 0.1) is 0 Å². The van der Waals surface area contributed by atoms with E-state index >= 15 is 0 Å². The molecule has 0 aliphatic heterocycles. The highest BCUT2D eigenvalue weighted by Crippen LogP contribution is 2.25. The van der Waals surface area contributed by atoms with Gasteiger partial charge in [0.15, 0.2) is 0 Å². The molecule has 1 radical (unpaired) electrons. The van der Waals surface area contributed by atoms with Crippen molar-refractivity contribution in [2.75, 3.05) is 0 Å². The maximum absolute atomic E-state index is 3.32. The van der Waals surface area contributed by atoms with Gasteiger partial charge in [0, 0.05) is 0 Å². The van der Waals surface area contributed by atoms with Gasteiger partial charge < -0.3 is 0 Å². The molecule has 71 valence electrons. The molecule has 0 saturated carbocycles. The van der Waals surface area contributed by atoms with Gasteiger partial charge >= 0.3 is 0 Å². The quantitative estimate of drug-likeness (QED) is 0.469. The van der Waals surface area contributed by atoms with Gasteiger partial charge in [-0.2, -0.15) is 0 Å². The van der Waals surface area contributed by atoms with Crippen molar-refractivity contribution in [2.45, 2.75) is 6.92 Å². The van der Waals surface area contributed by atoms with Crippen LogP contribution in [0.15, 0.2) is 48.5 Å². The predicted molar refractivity (Wildman–Crippen MR) is 65.0 cm³/mol. The van der Waals surface area contributed by atoms with Gasteiger partial charge in [-0.25, -0.2) is 0 Å². The van der Waals surface area contributed by atoms with E-state index in [1.807, 2.05) is 0 Å². The van der Waals surface area contributed by atoms with Crippen LogP contribution in [-0.4, -0.2) is 0 Å². The van der Waals surface area contributed by atoms with Gasteiger partial charge in [-0.1, -0.05) is 48.0 Å². The van der Waals surface area contributed by atoms with Crippen molar-refractivity contribution in [2.24, 2.45) is 0 Å². The molecule has 0 unspecified atom stereocenters. The lowest BCUT2D eigenvalue weighted by Crippen LogP contribution is -1.79. The molecule has 0 aliphatic carbocycles. The standard InChI is InChI=1S/C15H11/c1-11-6-7-13-9-8-12-4-2-3-5-14(12)15(13)10-11/h2-8,10H,1H3. The molecule has 0 N–H and O–H groups in total. The number of fused-ring (bicyclic) bond motifs is 3. The summed E-state index contributed by atoms with van der Waals surface area (Å²) in [5.74, 6) is 0. The van der Waals surface area contributed by atoms with Crippen LogP contribution in [0.5, 0.6) is 0 Å². The summed E-state index contributed by atoms with van der Waals surface area (Å²) < 4.78 is 0. The highest BCUT2D eigenvalue weighted by atomic mass is 14.0. The Kier molecular flexibility index (Phi) is 1.75. The second-order valence-corrected chi connectivity index (χ2v) is 3.92. The van der Waals surface area contributed by atoms with Crippen molar-refractivity contribution >= 4 is 21.5 Å². The summed E-state index contributed by atoms with van der Waals surface area (Å²) in [6.07, 6.45) is 0. The molecule has 0 atom stereocenters. The van der Waals surface area contributed by atoms with E-state index in [1.165, 1.54) is 27.1 Å². The highest BCUT2D eigenvalue weighted by Gasteiger charge is 1.99. The lowest BCUT2D eigenvalue weighted by molar-refractivity contribution is 1.51. The summed E-state index contributed by atoms with van der Waals surface area (Å²) in [6, 6.07) is 20.3. The third kappa shape index (κ3) is 1.30. The van der Waals surface area contributed by atoms with E-state index < -0.39 is 0 Å². The van der Waals surface area contributed by atoms with E-state index in [0.29, 0.717) is 0 Å². The number of hydrogen-bond acceptors (Lipinski definition) is 0. The Hall–Kier alpha value is -1.82. The van der Waals surface area contributed by atoms with Crippen molar-refractivity contribution in [3.05, 3.63) is 60.2 Å². The fraction of sp³-hybridized carbons (Fsp3) is 0.0667. The molecule has 0 heterocycles. The van der Waals surface area contributed by atoms with Gasteiger partial charge in [-0.3, -0.25) is 0 Å². The third-order valence-electron chi connectivity index (χ3n) is 2.81. The lowest BCUT2D eigenvalue weighted by atomic mass is 10.0. The zero-order chi connectivity index (χ0) is 10.3. The minimum absolute atomic E-state index is 1.19. The molecule has 0 heteroatoms. The monoisotopic (exact) mass is 191 g/mol. The highest BCUT2D eigenvalue weighted by molar-refractivity contribution is 6.07. The zero-order valence-corrected chi connectivity index (χ0v) is 8.62. The molecule has 0 bridgehead atoms. The zero-order valence-electron chi connectivity index (χ0n) is 8.62. The molecule has 0 aliphatic rings. The van der Waals surface area contributed by atoms with Crippen molar-refractivity contribution in [3.63, 3.8) is 0 Å². The van der Waals surface area contributed by atoms with E-state index in [4.69, 9.17) is 0 Å². The first-order valence-corrected chi connectivity index (χ1v) is 5.14. The molecular weight excluding hydrogens is 180 g/mol. The Morgan fingerprint density at radius 2 is 1.80 bits per heavy atom. The average Bonchev–Trinajstić information content (AvgIpc) is 2.29. The number of rotatable bonds is 0. The van der Waals surface area contributed by atoms with Gasteiger partial charge in [-0.15, -0.1) is 0 Å². The first-order chi connectivity index (χ1) is 7.34. The molecule has 0 amide bonds. The summed E-state index contributed by atoms with van der Waals surface area (Å²) in [6.45, 7) is 2.13. The molecule has 0 nitrogen and oxygen atoms in total. The summed E-state index contributed by atoms with van der Waals surface area (Å²) in [5.41, 5.74) is 1.30. The van der Waals surface area contributed by atoms with E-state index in [1.54, 1.807) is 0 Å². The van der Waals surface area contributed by atoms with Gasteiger partial charge in [-0.05, 0) is 40.6 Å². The van der Waals surface area contributed by atoms with Gasteiger partial charge in [0.25, 0.3) is 0 Å². The van der Waals surface area contributed by atoms with Crippen LogP contribution in [0.1, 0.15) is 5.56 Å². The number of aryl methyl sites for hydroxylation is 1. The van der Waals surface area contributed by atoms with Crippen LogP contribution >= 0.6 is 0 Å². The molecule has 0 spiro atoms. The van der Waals surface area contributed by atoms with Crippen LogP contribution in [0.4, 0.5) is 0 Å². The minimum atomic E-state index is 1.19. The van der Waals surface area contributed by atoms with Crippen molar-refractivity contribution < 1.29 is 0 Å². The largest absolute Gasteiger partial charge is 0.0616 e. The molecule has 0 saturated heterocycles. The smallest absolute Gasteiger partial charge is 0.00926 e. The Balaban J connectivity index is 2.57. The fourth-order valence-electron chi connectivity index (χ4n) is 2.03.